The maximum atomic E-state index is 11.1. The molecule has 0 spiro atoms. The Labute approximate surface area is 109 Å². The summed E-state index contributed by atoms with van der Waals surface area (Å²) in [7, 11) is 0. The quantitative estimate of drug-likeness (QED) is 0.883. The van der Waals surface area contributed by atoms with Gasteiger partial charge in [-0.05, 0) is 18.6 Å². The van der Waals surface area contributed by atoms with Gasteiger partial charge in [0, 0.05) is 25.6 Å². The standard InChI is InChI=1S/C13H15N3OS/c17-12-6-5-9(7-15-12)14-8-13-16-10-3-1-2-4-11(10)18-13/h1-4,9,14H,5-8H2,(H,15,17). The van der Waals surface area contributed by atoms with Gasteiger partial charge in [-0.1, -0.05) is 12.1 Å². The number of amides is 1. The third-order valence-electron chi connectivity index (χ3n) is 3.15. The minimum atomic E-state index is 0.160. The van der Waals surface area contributed by atoms with Gasteiger partial charge in [0.2, 0.25) is 5.91 Å². The summed E-state index contributed by atoms with van der Waals surface area (Å²) in [6.45, 7) is 1.50. The zero-order valence-electron chi connectivity index (χ0n) is 9.98. The molecule has 1 saturated heterocycles. The zero-order chi connectivity index (χ0) is 12.4. The van der Waals surface area contributed by atoms with Crippen LogP contribution in [0.25, 0.3) is 10.2 Å². The molecular weight excluding hydrogens is 246 g/mol. The average Bonchev–Trinajstić information content (AvgIpc) is 2.81. The largest absolute Gasteiger partial charge is 0.355 e. The van der Waals surface area contributed by atoms with E-state index in [1.165, 1.54) is 4.70 Å². The monoisotopic (exact) mass is 261 g/mol. The van der Waals surface area contributed by atoms with E-state index < -0.39 is 0 Å². The molecule has 0 aliphatic carbocycles. The molecule has 0 saturated carbocycles. The smallest absolute Gasteiger partial charge is 0.220 e. The van der Waals surface area contributed by atoms with E-state index in [9.17, 15) is 4.79 Å². The van der Waals surface area contributed by atoms with E-state index in [2.05, 4.69) is 21.7 Å². The molecule has 1 atom stereocenters. The lowest BCUT2D eigenvalue weighted by atomic mass is 10.1. The number of nitrogens with zero attached hydrogens (tertiary/aromatic N) is 1. The third-order valence-corrected chi connectivity index (χ3v) is 4.18. The topological polar surface area (TPSA) is 54.0 Å². The molecule has 1 aliphatic rings. The van der Waals surface area contributed by atoms with Crippen LogP contribution in [0.3, 0.4) is 0 Å². The summed E-state index contributed by atoms with van der Waals surface area (Å²) in [5.74, 6) is 0.160. The first kappa shape index (κ1) is 11.6. The fraction of sp³-hybridized carbons (Fsp3) is 0.385. The number of carbonyl (C=O) groups is 1. The zero-order valence-corrected chi connectivity index (χ0v) is 10.8. The van der Waals surface area contributed by atoms with Crippen molar-refractivity contribution in [3.05, 3.63) is 29.3 Å². The molecule has 0 bridgehead atoms. The predicted molar refractivity (Wildman–Crippen MR) is 72.5 cm³/mol. The van der Waals surface area contributed by atoms with E-state index in [-0.39, 0.29) is 5.91 Å². The normalized spacial score (nSPS) is 20.0. The Morgan fingerprint density at radius 2 is 2.33 bits per heavy atom. The van der Waals surface area contributed by atoms with Crippen LogP contribution < -0.4 is 10.6 Å². The fourth-order valence-corrected chi connectivity index (χ4v) is 3.05. The van der Waals surface area contributed by atoms with Crippen molar-refractivity contribution in [1.82, 2.24) is 15.6 Å². The molecule has 1 fully saturated rings. The number of carbonyl (C=O) groups excluding carboxylic acids is 1. The van der Waals surface area contributed by atoms with Gasteiger partial charge in [0.1, 0.15) is 5.01 Å². The fourth-order valence-electron chi connectivity index (χ4n) is 2.13. The van der Waals surface area contributed by atoms with Crippen molar-refractivity contribution in [2.75, 3.05) is 6.54 Å². The van der Waals surface area contributed by atoms with Gasteiger partial charge in [0.05, 0.1) is 10.2 Å². The van der Waals surface area contributed by atoms with E-state index in [0.29, 0.717) is 12.5 Å². The summed E-state index contributed by atoms with van der Waals surface area (Å²) >= 11 is 1.73. The number of fused-ring (bicyclic) bond motifs is 1. The van der Waals surface area contributed by atoms with Gasteiger partial charge < -0.3 is 10.6 Å². The van der Waals surface area contributed by atoms with Gasteiger partial charge in [-0.25, -0.2) is 4.98 Å². The van der Waals surface area contributed by atoms with Crippen molar-refractivity contribution in [1.29, 1.82) is 0 Å². The molecule has 3 rings (SSSR count). The number of thiazole rings is 1. The van der Waals surface area contributed by atoms with Crippen LogP contribution in [-0.2, 0) is 11.3 Å². The highest BCUT2D eigenvalue weighted by Gasteiger charge is 2.17. The van der Waals surface area contributed by atoms with E-state index in [0.717, 1.165) is 30.0 Å². The Morgan fingerprint density at radius 3 is 3.11 bits per heavy atom. The van der Waals surface area contributed by atoms with Gasteiger partial charge in [0.15, 0.2) is 0 Å². The number of benzene rings is 1. The Kier molecular flexibility index (Phi) is 3.25. The van der Waals surface area contributed by atoms with E-state index in [1.54, 1.807) is 11.3 Å². The third kappa shape index (κ3) is 2.52. The Morgan fingerprint density at radius 1 is 1.44 bits per heavy atom. The number of hydrogen-bond acceptors (Lipinski definition) is 4. The highest BCUT2D eigenvalue weighted by atomic mass is 32.1. The first-order chi connectivity index (χ1) is 8.81. The van der Waals surface area contributed by atoms with Gasteiger partial charge in [-0.2, -0.15) is 0 Å². The van der Waals surface area contributed by atoms with Crippen molar-refractivity contribution in [3.63, 3.8) is 0 Å². The summed E-state index contributed by atoms with van der Waals surface area (Å²) in [4.78, 5) is 15.6. The van der Waals surface area contributed by atoms with Crippen LogP contribution in [0.5, 0.6) is 0 Å². The molecule has 1 amide bonds. The van der Waals surface area contributed by atoms with Crippen molar-refractivity contribution in [2.24, 2.45) is 0 Å². The number of hydrogen-bond donors (Lipinski definition) is 2. The van der Waals surface area contributed by atoms with Gasteiger partial charge in [-0.3, -0.25) is 4.79 Å². The maximum Gasteiger partial charge on any atom is 0.220 e. The lowest BCUT2D eigenvalue weighted by Gasteiger charge is -2.22. The van der Waals surface area contributed by atoms with Crippen molar-refractivity contribution in [3.8, 4) is 0 Å². The minimum absolute atomic E-state index is 0.160. The molecule has 1 unspecified atom stereocenters. The highest BCUT2D eigenvalue weighted by molar-refractivity contribution is 7.18. The molecule has 2 heterocycles. The van der Waals surface area contributed by atoms with Gasteiger partial charge >= 0.3 is 0 Å². The summed E-state index contributed by atoms with van der Waals surface area (Å²) in [6, 6.07) is 8.55. The molecule has 4 nitrogen and oxygen atoms in total. The van der Waals surface area contributed by atoms with E-state index >= 15 is 0 Å². The molecule has 2 N–H and O–H groups in total. The summed E-state index contributed by atoms with van der Waals surface area (Å²) in [5.41, 5.74) is 1.07. The Hall–Kier alpha value is -1.46. The maximum absolute atomic E-state index is 11.1. The lowest BCUT2D eigenvalue weighted by molar-refractivity contribution is -0.122. The minimum Gasteiger partial charge on any atom is -0.355 e. The van der Waals surface area contributed by atoms with Crippen molar-refractivity contribution < 1.29 is 4.79 Å². The molecule has 1 aliphatic heterocycles. The van der Waals surface area contributed by atoms with Crippen molar-refractivity contribution in [2.45, 2.75) is 25.4 Å². The predicted octanol–water partition coefficient (Wildman–Crippen LogP) is 1.66. The Bertz CT molecular complexity index is 523. The number of nitrogens with one attached hydrogen (secondary N) is 2. The summed E-state index contributed by atoms with van der Waals surface area (Å²) in [5, 5.41) is 7.43. The van der Waals surface area contributed by atoms with Gasteiger partial charge in [-0.15, -0.1) is 11.3 Å². The number of rotatable bonds is 3. The summed E-state index contributed by atoms with van der Waals surface area (Å²) in [6.07, 6.45) is 1.54. The van der Waals surface area contributed by atoms with Crippen molar-refractivity contribution >= 4 is 27.5 Å². The average molecular weight is 261 g/mol. The van der Waals surface area contributed by atoms with Crippen LogP contribution in [0.15, 0.2) is 24.3 Å². The SMILES string of the molecule is O=C1CCC(NCc2nc3ccccc3s2)CN1. The molecule has 1 aromatic carbocycles. The van der Waals surface area contributed by atoms with Crippen LogP contribution in [0.2, 0.25) is 0 Å². The van der Waals surface area contributed by atoms with E-state index in [4.69, 9.17) is 0 Å². The van der Waals surface area contributed by atoms with Gasteiger partial charge in [0.25, 0.3) is 0 Å². The molecule has 5 heteroatoms. The number of piperidine rings is 1. The second kappa shape index (κ2) is 5.04. The van der Waals surface area contributed by atoms with Crippen LogP contribution in [-0.4, -0.2) is 23.5 Å². The molecule has 1 aromatic heterocycles. The Balaban J connectivity index is 1.61. The first-order valence-electron chi connectivity index (χ1n) is 6.16. The lowest BCUT2D eigenvalue weighted by Crippen LogP contribution is -2.45. The molecule has 18 heavy (non-hydrogen) atoms. The summed E-state index contributed by atoms with van der Waals surface area (Å²) < 4.78 is 1.23. The van der Waals surface area contributed by atoms with Crippen LogP contribution in [0.1, 0.15) is 17.8 Å². The number of para-hydroxylation sites is 1. The molecule has 94 valence electrons. The molecule has 0 radical (unpaired) electrons. The number of aromatic nitrogens is 1. The van der Waals surface area contributed by atoms with Crippen LogP contribution >= 0.6 is 11.3 Å². The van der Waals surface area contributed by atoms with Crippen LogP contribution in [0.4, 0.5) is 0 Å². The highest BCUT2D eigenvalue weighted by Crippen LogP contribution is 2.21. The second-order valence-electron chi connectivity index (χ2n) is 4.50. The molecular formula is C13H15N3OS. The van der Waals surface area contributed by atoms with Crippen LogP contribution in [0, 0.1) is 0 Å². The van der Waals surface area contributed by atoms with E-state index in [1.807, 2.05) is 18.2 Å². The molecule has 2 aromatic rings. The first-order valence-corrected chi connectivity index (χ1v) is 6.97. The second-order valence-corrected chi connectivity index (χ2v) is 5.61.